The van der Waals surface area contributed by atoms with Gasteiger partial charge < -0.3 is 9.15 Å². The number of methoxy groups -OCH3 is 1. The Balaban J connectivity index is 1.81. The van der Waals surface area contributed by atoms with Gasteiger partial charge in [0.15, 0.2) is 0 Å². The maximum absolute atomic E-state index is 12.9. The molecule has 0 fully saturated rings. The second kappa shape index (κ2) is 7.51. The van der Waals surface area contributed by atoms with Crippen molar-refractivity contribution < 1.29 is 22.3 Å². The van der Waals surface area contributed by atoms with Gasteiger partial charge >= 0.3 is 6.18 Å². The molecule has 0 aliphatic carbocycles. The molecular formula is C24H17F3O2. The van der Waals surface area contributed by atoms with Gasteiger partial charge in [-0.15, -0.1) is 0 Å². The molecule has 5 heteroatoms. The van der Waals surface area contributed by atoms with E-state index in [1.807, 2.05) is 60.7 Å². The minimum Gasteiger partial charge on any atom is -0.497 e. The first-order chi connectivity index (χ1) is 14.0. The van der Waals surface area contributed by atoms with Crippen molar-refractivity contribution in [2.24, 2.45) is 0 Å². The number of halogens is 3. The highest BCUT2D eigenvalue weighted by Gasteiger charge is 2.30. The predicted molar refractivity (Wildman–Crippen MR) is 107 cm³/mol. The molecule has 0 saturated heterocycles. The van der Waals surface area contributed by atoms with E-state index in [1.54, 1.807) is 7.11 Å². The van der Waals surface area contributed by atoms with E-state index in [2.05, 4.69) is 0 Å². The second-order valence-corrected chi connectivity index (χ2v) is 6.52. The summed E-state index contributed by atoms with van der Waals surface area (Å²) in [4.78, 5) is 0. The highest BCUT2D eigenvalue weighted by atomic mass is 19.4. The van der Waals surface area contributed by atoms with Crippen molar-refractivity contribution >= 4 is 0 Å². The Morgan fingerprint density at radius 1 is 0.724 bits per heavy atom. The van der Waals surface area contributed by atoms with Crippen LogP contribution in [0, 0.1) is 0 Å². The van der Waals surface area contributed by atoms with Crippen LogP contribution >= 0.6 is 0 Å². The highest BCUT2D eigenvalue weighted by molar-refractivity contribution is 5.83. The van der Waals surface area contributed by atoms with Crippen molar-refractivity contribution in [1.82, 2.24) is 0 Å². The number of benzene rings is 3. The minimum atomic E-state index is -4.37. The van der Waals surface area contributed by atoms with Gasteiger partial charge in [0.25, 0.3) is 0 Å². The third kappa shape index (κ3) is 3.90. The van der Waals surface area contributed by atoms with Crippen molar-refractivity contribution in [3.63, 3.8) is 0 Å². The average Bonchev–Trinajstić information content (AvgIpc) is 3.19. The number of rotatable bonds is 4. The molecule has 1 aromatic heterocycles. The molecule has 4 aromatic rings. The van der Waals surface area contributed by atoms with E-state index < -0.39 is 11.7 Å². The van der Waals surface area contributed by atoms with Crippen LogP contribution in [0.1, 0.15) is 5.56 Å². The lowest BCUT2D eigenvalue weighted by molar-refractivity contribution is -0.137. The van der Waals surface area contributed by atoms with Gasteiger partial charge in [0.05, 0.1) is 12.7 Å². The SMILES string of the molecule is COc1ccc(-c2cc(-c3ccc(C(F)(F)F)cc3)oc2-c2ccccc2)cc1. The molecular weight excluding hydrogens is 377 g/mol. The van der Waals surface area contributed by atoms with Gasteiger partial charge in [-0.1, -0.05) is 54.6 Å². The van der Waals surface area contributed by atoms with Crippen LogP contribution in [-0.4, -0.2) is 7.11 Å². The molecule has 146 valence electrons. The highest BCUT2D eigenvalue weighted by Crippen LogP contribution is 2.40. The third-order valence-electron chi connectivity index (χ3n) is 4.67. The van der Waals surface area contributed by atoms with Crippen molar-refractivity contribution in [3.05, 3.63) is 90.5 Å². The summed E-state index contributed by atoms with van der Waals surface area (Å²) in [5.74, 6) is 1.90. The zero-order chi connectivity index (χ0) is 20.4. The molecule has 0 saturated carbocycles. The normalized spacial score (nSPS) is 11.4. The summed E-state index contributed by atoms with van der Waals surface area (Å²) >= 11 is 0. The monoisotopic (exact) mass is 394 g/mol. The smallest absolute Gasteiger partial charge is 0.416 e. The zero-order valence-corrected chi connectivity index (χ0v) is 15.5. The summed E-state index contributed by atoms with van der Waals surface area (Å²) in [7, 11) is 1.60. The van der Waals surface area contributed by atoms with E-state index >= 15 is 0 Å². The van der Waals surface area contributed by atoms with E-state index in [4.69, 9.17) is 9.15 Å². The molecule has 0 amide bonds. The van der Waals surface area contributed by atoms with Crippen LogP contribution in [0.3, 0.4) is 0 Å². The fourth-order valence-electron chi connectivity index (χ4n) is 3.15. The molecule has 4 rings (SSSR count). The van der Waals surface area contributed by atoms with E-state index in [9.17, 15) is 13.2 Å². The first kappa shape index (κ1) is 18.9. The van der Waals surface area contributed by atoms with Crippen LogP contribution in [0.4, 0.5) is 13.2 Å². The Bertz CT molecular complexity index is 1090. The maximum atomic E-state index is 12.9. The summed E-state index contributed by atoms with van der Waals surface area (Å²) in [5.41, 5.74) is 2.55. The second-order valence-electron chi connectivity index (χ2n) is 6.52. The molecule has 0 bridgehead atoms. The predicted octanol–water partition coefficient (Wildman–Crippen LogP) is 7.31. The molecule has 2 nitrogen and oxygen atoms in total. The molecule has 1 heterocycles. The number of furan rings is 1. The topological polar surface area (TPSA) is 22.4 Å². The number of alkyl halides is 3. The third-order valence-corrected chi connectivity index (χ3v) is 4.67. The summed E-state index contributed by atoms with van der Waals surface area (Å²) in [6, 6.07) is 24.0. The summed E-state index contributed by atoms with van der Waals surface area (Å²) in [6.07, 6.45) is -4.37. The molecule has 0 atom stereocenters. The molecule has 0 unspecified atom stereocenters. The van der Waals surface area contributed by atoms with Gasteiger partial charge in [0.1, 0.15) is 17.3 Å². The first-order valence-electron chi connectivity index (χ1n) is 8.97. The first-order valence-corrected chi connectivity index (χ1v) is 8.97. The lowest BCUT2D eigenvalue weighted by atomic mass is 10.0. The van der Waals surface area contributed by atoms with Crippen LogP contribution in [0.5, 0.6) is 5.75 Å². The number of hydrogen-bond donors (Lipinski definition) is 0. The van der Waals surface area contributed by atoms with Gasteiger partial charge in [-0.25, -0.2) is 0 Å². The molecule has 0 aliphatic rings. The maximum Gasteiger partial charge on any atom is 0.416 e. The summed E-state index contributed by atoms with van der Waals surface area (Å²) in [6.45, 7) is 0. The molecule has 0 N–H and O–H groups in total. The van der Waals surface area contributed by atoms with Gasteiger partial charge in [0.2, 0.25) is 0 Å². The van der Waals surface area contributed by atoms with Crippen LogP contribution in [0.2, 0.25) is 0 Å². The van der Waals surface area contributed by atoms with E-state index in [-0.39, 0.29) is 0 Å². The largest absolute Gasteiger partial charge is 0.497 e. The zero-order valence-electron chi connectivity index (χ0n) is 15.5. The lowest BCUT2D eigenvalue weighted by Crippen LogP contribution is -2.03. The van der Waals surface area contributed by atoms with Crippen molar-refractivity contribution in [1.29, 1.82) is 0 Å². The van der Waals surface area contributed by atoms with E-state index in [0.717, 1.165) is 34.6 Å². The average molecular weight is 394 g/mol. The number of ether oxygens (including phenoxy) is 1. The quantitative estimate of drug-likeness (QED) is 0.362. The van der Waals surface area contributed by atoms with Gasteiger partial charge in [-0.05, 0) is 35.9 Å². The minimum absolute atomic E-state index is 0.503. The van der Waals surface area contributed by atoms with Crippen LogP contribution in [-0.2, 0) is 6.18 Å². The fourth-order valence-corrected chi connectivity index (χ4v) is 3.15. The van der Waals surface area contributed by atoms with Crippen LogP contribution in [0.25, 0.3) is 33.8 Å². The van der Waals surface area contributed by atoms with Crippen molar-refractivity contribution in [2.75, 3.05) is 7.11 Å². The molecule has 0 radical (unpaired) electrons. The van der Waals surface area contributed by atoms with Gasteiger partial charge in [0, 0.05) is 16.7 Å². The molecule has 29 heavy (non-hydrogen) atoms. The Labute approximate surface area is 166 Å². The fraction of sp³-hybridized carbons (Fsp3) is 0.0833. The molecule has 0 spiro atoms. The van der Waals surface area contributed by atoms with E-state index in [1.165, 1.54) is 12.1 Å². The standard InChI is InChI=1S/C24H17F3O2/c1-28-20-13-9-16(10-14-20)21-15-22(29-23(21)18-5-3-2-4-6-18)17-7-11-19(12-8-17)24(25,26)27/h2-15H,1H3. The summed E-state index contributed by atoms with van der Waals surface area (Å²) in [5, 5.41) is 0. The van der Waals surface area contributed by atoms with Crippen molar-refractivity contribution in [2.45, 2.75) is 6.18 Å². The van der Waals surface area contributed by atoms with Gasteiger partial charge in [-0.3, -0.25) is 0 Å². The lowest BCUT2D eigenvalue weighted by Gasteiger charge is -2.06. The van der Waals surface area contributed by atoms with E-state index in [0.29, 0.717) is 17.1 Å². The Morgan fingerprint density at radius 3 is 1.93 bits per heavy atom. The van der Waals surface area contributed by atoms with Crippen LogP contribution < -0.4 is 4.74 Å². The Hall–Kier alpha value is -3.47. The van der Waals surface area contributed by atoms with Crippen molar-refractivity contribution in [3.8, 4) is 39.5 Å². The molecule has 3 aromatic carbocycles. The Morgan fingerprint density at radius 2 is 1.34 bits per heavy atom. The van der Waals surface area contributed by atoms with Gasteiger partial charge in [-0.2, -0.15) is 13.2 Å². The summed E-state index contributed by atoms with van der Waals surface area (Å²) < 4.78 is 49.9. The van der Waals surface area contributed by atoms with Crippen LogP contribution in [0.15, 0.2) is 89.3 Å². The number of hydrogen-bond acceptors (Lipinski definition) is 2. The Kier molecular flexibility index (Phi) is 4.89. The molecule has 0 aliphatic heterocycles.